The SMILES string of the molecule is CC(C)(C)C(C#N)CC(C#N)C(C)(C)C. The van der Waals surface area contributed by atoms with E-state index in [1.165, 1.54) is 0 Å². The first kappa shape index (κ1) is 14.0. The van der Waals surface area contributed by atoms with Gasteiger partial charge >= 0.3 is 0 Å². The third kappa shape index (κ3) is 4.34. The number of nitrogens with zero attached hydrogens (tertiary/aromatic N) is 2. The van der Waals surface area contributed by atoms with Crippen LogP contribution < -0.4 is 0 Å². The van der Waals surface area contributed by atoms with Gasteiger partial charge < -0.3 is 0 Å². The van der Waals surface area contributed by atoms with Crippen LogP contribution in [0.15, 0.2) is 0 Å². The fourth-order valence-corrected chi connectivity index (χ4v) is 1.44. The van der Waals surface area contributed by atoms with Crippen LogP contribution in [0.4, 0.5) is 0 Å². The van der Waals surface area contributed by atoms with Gasteiger partial charge in [0.25, 0.3) is 0 Å². The molecule has 0 aliphatic rings. The highest BCUT2D eigenvalue weighted by molar-refractivity contribution is 4.99. The van der Waals surface area contributed by atoms with E-state index < -0.39 is 0 Å². The molecule has 2 atom stereocenters. The first-order chi connectivity index (χ1) is 6.62. The lowest BCUT2D eigenvalue weighted by molar-refractivity contribution is 0.202. The van der Waals surface area contributed by atoms with Gasteiger partial charge in [-0.1, -0.05) is 41.5 Å². The van der Waals surface area contributed by atoms with Gasteiger partial charge in [0.1, 0.15) is 0 Å². The maximum atomic E-state index is 9.11. The molecule has 2 unspecified atom stereocenters. The van der Waals surface area contributed by atoms with Crippen LogP contribution in [0, 0.1) is 45.3 Å². The summed E-state index contributed by atoms with van der Waals surface area (Å²) in [4.78, 5) is 0. The molecule has 0 rings (SSSR count). The molecule has 0 saturated heterocycles. The van der Waals surface area contributed by atoms with Crippen molar-refractivity contribution in [1.82, 2.24) is 0 Å². The van der Waals surface area contributed by atoms with E-state index in [1.54, 1.807) is 0 Å². The lowest BCUT2D eigenvalue weighted by atomic mass is 9.70. The molecular weight excluding hydrogens is 184 g/mol. The fraction of sp³-hybridized carbons (Fsp3) is 0.846. The second kappa shape index (κ2) is 4.67. The zero-order valence-corrected chi connectivity index (χ0v) is 10.8. The Kier molecular flexibility index (Phi) is 4.35. The van der Waals surface area contributed by atoms with Crippen LogP contribution in [0.2, 0.25) is 0 Å². The van der Waals surface area contributed by atoms with Crippen LogP contribution in [-0.4, -0.2) is 0 Å². The average Bonchev–Trinajstić information content (AvgIpc) is 2.01. The maximum absolute atomic E-state index is 9.11. The number of hydrogen-bond donors (Lipinski definition) is 0. The van der Waals surface area contributed by atoms with Crippen LogP contribution in [-0.2, 0) is 0 Å². The molecule has 0 aliphatic heterocycles. The Balaban J connectivity index is 4.72. The van der Waals surface area contributed by atoms with Gasteiger partial charge in [0.2, 0.25) is 0 Å². The molecule has 2 heteroatoms. The summed E-state index contributed by atoms with van der Waals surface area (Å²) in [6.45, 7) is 12.3. The minimum Gasteiger partial charge on any atom is -0.198 e. The van der Waals surface area contributed by atoms with Crippen molar-refractivity contribution in [1.29, 1.82) is 10.5 Å². The highest BCUT2D eigenvalue weighted by atomic mass is 14.4. The Labute approximate surface area is 93.9 Å². The molecule has 0 amide bonds. The molecule has 0 N–H and O–H groups in total. The molecule has 0 spiro atoms. The Bertz CT molecular complexity index is 248. The lowest BCUT2D eigenvalue weighted by Gasteiger charge is -2.31. The minimum atomic E-state index is -0.0543. The highest BCUT2D eigenvalue weighted by Gasteiger charge is 2.32. The minimum absolute atomic E-state index is 0.0465. The average molecular weight is 206 g/mol. The lowest BCUT2D eigenvalue weighted by Crippen LogP contribution is -2.27. The molecule has 0 aliphatic carbocycles. The topological polar surface area (TPSA) is 47.6 Å². The highest BCUT2D eigenvalue weighted by Crippen LogP contribution is 2.36. The van der Waals surface area contributed by atoms with Gasteiger partial charge in [-0.15, -0.1) is 0 Å². The molecule has 0 radical (unpaired) electrons. The predicted molar refractivity (Wildman–Crippen MR) is 61.7 cm³/mol. The summed E-state index contributed by atoms with van der Waals surface area (Å²) in [5, 5.41) is 18.2. The number of rotatable bonds is 2. The van der Waals surface area contributed by atoms with Gasteiger partial charge in [-0.2, -0.15) is 10.5 Å². The van der Waals surface area contributed by atoms with Crippen LogP contribution in [0.25, 0.3) is 0 Å². The van der Waals surface area contributed by atoms with Crippen LogP contribution in [0.1, 0.15) is 48.0 Å². The Morgan fingerprint density at radius 1 is 0.800 bits per heavy atom. The molecule has 0 bridgehead atoms. The molecule has 0 aromatic heterocycles. The van der Waals surface area contributed by atoms with Crippen LogP contribution >= 0.6 is 0 Å². The Hall–Kier alpha value is -1.02. The summed E-state index contributed by atoms with van der Waals surface area (Å²) < 4.78 is 0. The van der Waals surface area contributed by atoms with Gasteiger partial charge in [0.15, 0.2) is 0 Å². The van der Waals surface area contributed by atoms with Crippen LogP contribution in [0.3, 0.4) is 0 Å². The van der Waals surface area contributed by atoms with E-state index in [0.29, 0.717) is 6.42 Å². The molecule has 0 fully saturated rings. The van der Waals surface area contributed by atoms with Gasteiger partial charge in [-0.3, -0.25) is 0 Å². The van der Waals surface area contributed by atoms with Crippen molar-refractivity contribution in [2.45, 2.75) is 48.0 Å². The fourth-order valence-electron chi connectivity index (χ4n) is 1.44. The first-order valence-corrected chi connectivity index (χ1v) is 5.42. The van der Waals surface area contributed by atoms with Crippen molar-refractivity contribution < 1.29 is 0 Å². The zero-order chi connectivity index (χ0) is 12.3. The van der Waals surface area contributed by atoms with Crippen molar-refractivity contribution >= 4 is 0 Å². The summed E-state index contributed by atoms with van der Waals surface area (Å²) in [5.74, 6) is -0.109. The second-order valence-corrected chi connectivity index (χ2v) is 6.33. The smallest absolute Gasteiger partial charge is 0.0661 e. The second-order valence-electron chi connectivity index (χ2n) is 6.33. The van der Waals surface area contributed by atoms with Crippen molar-refractivity contribution in [3.63, 3.8) is 0 Å². The van der Waals surface area contributed by atoms with E-state index in [1.807, 2.05) is 0 Å². The largest absolute Gasteiger partial charge is 0.198 e. The third-order valence-corrected chi connectivity index (χ3v) is 2.87. The molecular formula is C13H22N2. The van der Waals surface area contributed by atoms with Crippen LogP contribution in [0.5, 0.6) is 0 Å². The zero-order valence-electron chi connectivity index (χ0n) is 10.8. The summed E-state index contributed by atoms with van der Waals surface area (Å²) >= 11 is 0. The van der Waals surface area contributed by atoms with Gasteiger partial charge in [-0.25, -0.2) is 0 Å². The third-order valence-electron chi connectivity index (χ3n) is 2.87. The maximum Gasteiger partial charge on any atom is 0.0661 e. The number of hydrogen-bond acceptors (Lipinski definition) is 2. The van der Waals surface area contributed by atoms with Crippen molar-refractivity contribution in [2.75, 3.05) is 0 Å². The monoisotopic (exact) mass is 206 g/mol. The van der Waals surface area contributed by atoms with E-state index >= 15 is 0 Å². The quantitative estimate of drug-likeness (QED) is 0.690. The normalized spacial score (nSPS) is 16.3. The van der Waals surface area contributed by atoms with Gasteiger partial charge in [0, 0.05) is 0 Å². The molecule has 15 heavy (non-hydrogen) atoms. The van der Waals surface area contributed by atoms with E-state index in [-0.39, 0.29) is 22.7 Å². The standard InChI is InChI=1S/C13H22N2/c1-12(2,3)10(8-14)7-11(9-15)13(4,5)6/h10-11H,7H2,1-6H3. The van der Waals surface area contributed by atoms with Crippen molar-refractivity contribution in [2.24, 2.45) is 22.7 Å². The number of nitriles is 2. The van der Waals surface area contributed by atoms with E-state index in [4.69, 9.17) is 10.5 Å². The molecule has 0 heterocycles. The van der Waals surface area contributed by atoms with E-state index in [9.17, 15) is 0 Å². The van der Waals surface area contributed by atoms with Gasteiger partial charge in [-0.05, 0) is 17.3 Å². The predicted octanol–water partition coefficient (Wildman–Crippen LogP) is 3.75. The molecule has 84 valence electrons. The Morgan fingerprint density at radius 3 is 1.20 bits per heavy atom. The molecule has 2 nitrogen and oxygen atoms in total. The molecule has 0 aromatic rings. The first-order valence-electron chi connectivity index (χ1n) is 5.42. The van der Waals surface area contributed by atoms with Crippen molar-refractivity contribution in [3.8, 4) is 12.1 Å². The Morgan fingerprint density at radius 2 is 1.07 bits per heavy atom. The van der Waals surface area contributed by atoms with E-state index in [0.717, 1.165) is 0 Å². The summed E-state index contributed by atoms with van der Waals surface area (Å²) in [6, 6.07) is 4.66. The summed E-state index contributed by atoms with van der Waals surface area (Å²) in [6.07, 6.45) is 0.667. The summed E-state index contributed by atoms with van der Waals surface area (Å²) in [5.41, 5.74) is -0.0931. The summed E-state index contributed by atoms with van der Waals surface area (Å²) in [7, 11) is 0. The van der Waals surface area contributed by atoms with E-state index in [2.05, 4.69) is 53.7 Å². The molecule has 0 saturated carbocycles. The molecule has 0 aromatic carbocycles. The van der Waals surface area contributed by atoms with Crippen molar-refractivity contribution in [3.05, 3.63) is 0 Å². The van der Waals surface area contributed by atoms with Gasteiger partial charge in [0.05, 0.1) is 24.0 Å².